The normalized spacial score (nSPS) is 11.8. The largest absolute Gasteiger partial charge is 0.394 e. The van der Waals surface area contributed by atoms with E-state index < -0.39 is 0 Å². The van der Waals surface area contributed by atoms with E-state index in [-0.39, 0.29) is 18.5 Å². The predicted octanol–water partition coefficient (Wildman–Crippen LogP) is 3.52. The molecule has 1 aromatic carbocycles. The van der Waals surface area contributed by atoms with E-state index >= 15 is 0 Å². The monoisotopic (exact) mass is 353 g/mol. The molecule has 1 atom stereocenters. The van der Waals surface area contributed by atoms with Crippen molar-refractivity contribution in [1.29, 1.82) is 0 Å². The lowest BCUT2D eigenvalue weighted by atomic mass is 10.2. The van der Waals surface area contributed by atoms with Crippen molar-refractivity contribution < 1.29 is 9.50 Å². The van der Waals surface area contributed by atoms with E-state index in [1.54, 1.807) is 31.3 Å². The van der Waals surface area contributed by atoms with Crippen LogP contribution in [0.4, 0.5) is 21.8 Å². The average Bonchev–Trinajstić information content (AvgIpc) is 2.66. The molecule has 0 bridgehead atoms. The highest BCUT2D eigenvalue weighted by atomic mass is 19.1. The molecule has 0 amide bonds. The van der Waals surface area contributed by atoms with Gasteiger partial charge in [0.05, 0.1) is 18.0 Å². The van der Waals surface area contributed by atoms with Crippen LogP contribution in [0.2, 0.25) is 0 Å². The topological polar surface area (TPSA) is 83.0 Å². The quantitative estimate of drug-likeness (QED) is 0.629. The predicted molar refractivity (Wildman–Crippen MR) is 99.9 cm³/mol. The SMILES string of the molecule is Cc1c(F)cccc1Nc1cc(-c2ccccn2)nc(N[C@@H](C)CO)n1. The van der Waals surface area contributed by atoms with Crippen LogP contribution in [0.3, 0.4) is 0 Å². The Kier molecular flexibility index (Phi) is 5.38. The Labute approximate surface area is 151 Å². The Morgan fingerprint density at radius 1 is 1.12 bits per heavy atom. The number of benzene rings is 1. The van der Waals surface area contributed by atoms with Crippen molar-refractivity contribution in [1.82, 2.24) is 15.0 Å². The molecule has 3 rings (SSSR count). The molecule has 0 spiro atoms. The fraction of sp³-hybridized carbons (Fsp3) is 0.211. The van der Waals surface area contributed by atoms with Crippen LogP contribution >= 0.6 is 0 Å². The molecule has 0 radical (unpaired) electrons. The van der Waals surface area contributed by atoms with Gasteiger partial charge in [0.15, 0.2) is 0 Å². The third-order valence-corrected chi connectivity index (χ3v) is 3.83. The lowest BCUT2D eigenvalue weighted by molar-refractivity contribution is 0.281. The van der Waals surface area contributed by atoms with Crippen molar-refractivity contribution in [2.45, 2.75) is 19.9 Å². The molecule has 0 aliphatic rings. The number of rotatable bonds is 6. The first kappa shape index (κ1) is 17.8. The molecule has 26 heavy (non-hydrogen) atoms. The van der Waals surface area contributed by atoms with Crippen LogP contribution in [0.25, 0.3) is 11.4 Å². The van der Waals surface area contributed by atoms with Gasteiger partial charge in [0.2, 0.25) is 5.95 Å². The van der Waals surface area contributed by atoms with E-state index in [2.05, 4.69) is 25.6 Å². The molecule has 0 aliphatic heterocycles. The zero-order chi connectivity index (χ0) is 18.5. The summed E-state index contributed by atoms with van der Waals surface area (Å²) < 4.78 is 13.8. The summed E-state index contributed by atoms with van der Waals surface area (Å²) in [6, 6.07) is 11.9. The molecule has 0 saturated carbocycles. The Bertz CT molecular complexity index is 888. The summed E-state index contributed by atoms with van der Waals surface area (Å²) in [7, 11) is 0. The van der Waals surface area contributed by atoms with E-state index in [4.69, 9.17) is 0 Å². The van der Waals surface area contributed by atoms with Crippen LogP contribution in [-0.2, 0) is 0 Å². The molecular formula is C19H20FN5O. The zero-order valence-corrected chi connectivity index (χ0v) is 14.6. The van der Waals surface area contributed by atoms with Crippen molar-refractivity contribution in [3.63, 3.8) is 0 Å². The van der Waals surface area contributed by atoms with E-state index in [0.717, 1.165) is 0 Å². The number of halogens is 1. The highest BCUT2D eigenvalue weighted by Crippen LogP contribution is 2.25. The second-order valence-corrected chi connectivity index (χ2v) is 5.94. The summed E-state index contributed by atoms with van der Waals surface area (Å²) in [5, 5.41) is 15.4. The molecule has 2 heterocycles. The molecule has 0 aliphatic carbocycles. The third-order valence-electron chi connectivity index (χ3n) is 3.83. The van der Waals surface area contributed by atoms with Gasteiger partial charge in [-0.3, -0.25) is 4.98 Å². The molecule has 0 saturated heterocycles. The van der Waals surface area contributed by atoms with E-state index in [1.165, 1.54) is 6.07 Å². The maximum Gasteiger partial charge on any atom is 0.225 e. The fourth-order valence-corrected chi connectivity index (χ4v) is 2.37. The molecule has 7 heteroatoms. The van der Waals surface area contributed by atoms with Gasteiger partial charge in [-0.05, 0) is 38.1 Å². The molecule has 0 fully saturated rings. The molecule has 2 aromatic heterocycles. The van der Waals surface area contributed by atoms with Crippen molar-refractivity contribution >= 4 is 17.5 Å². The number of aliphatic hydroxyl groups excluding tert-OH is 1. The molecular weight excluding hydrogens is 333 g/mol. The summed E-state index contributed by atoms with van der Waals surface area (Å²) in [4.78, 5) is 13.2. The minimum Gasteiger partial charge on any atom is -0.394 e. The van der Waals surface area contributed by atoms with E-state index in [9.17, 15) is 9.50 Å². The summed E-state index contributed by atoms with van der Waals surface area (Å²) in [6.07, 6.45) is 1.69. The van der Waals surface area contributed by atoms with Gasteiger partial charge in [-0.1, -0.05) is 12.1 Å². The Morgan fingerprint density at radius 2 is 1.96 bits per heavy atom. The van der Waals surface area contributed by atoms with Gasteiger partial charge in [-0.15, -0.1) is 0 Å². The maximum absolute atomic E-state index is 13.8. The lowest BCUT2D eigenvalue weighted by Gasteiger charge is -2.15. The van der Waals surface area contributed by atoms with Crippen molar-refractivity contribution in [2.75, 3.05) is 17.2 Å². The molecule has 6 nitrogen and oxygen atoms in total. The maximum atomic E-state index is 13.8. The first-order chi connectivity index (χ1) is 12.6. The van der Waals surface area contributed by atoms with Crippen LogP contribution in [0.5, 0.6) is 0 Å². The van der Waals surface area contributed by atoms with Crippen LogP contribution < -0.4 is 10.6 Å². The zero-order valence-electron chi connectivity index (χ0n) is 14.6. The standard InChI is InChI=1S/C19H20FN5O/c1-12(11-26)22-19-24-17(16-7-3-4-9-21-16)10-18(25-19)23-15-8-5-6-14(20)13(15)2/h3-10,12,26H,11H2,1-2H3,(H2,22,23,24,25)/t12-/m0/s1. The Balaban J connectivity index is 2.00. The minimum absolute atomic E-state index is 0.0526. The first-order valence-corrected chi connectivity index (χ1v) is 8.27. The Morgan fingerprint density at radius 3 is 2.69 bits per heavy atom. The Hall–Kier alpha value is -3.06. The van der Waals surface area contributed by atoms with Gasteiger partial charge in [0.25, 0.3) is 0 Å². The second kappa shape index (κ2) is 7.88. The van der Waals surface area contributed by atoms with Gasteiger partial charge >= 0.3 is 0 Å². The average molecular weight is 353 g/mol. The van der Waals surface area contributed by atoms with Crippen LogP contribution in [0.1, 0.15) is 12.5 Å². The van der Waals surface area contributed by atoms with E-state index in [1.807, 2.05) is 25.1 Å². The highest BCUT2D eigenvalue weighted by Gasteiger charge is 2.11. The van der Waals surface area contributed by atoms with Crippen LogP contribution in [0, 0.1) is 12.7 Å². The third kappa shape index (κ3) is 4.12. The summed E-state index contributed by atoms with van der Waals surface area (Å²) in [5.74, 6) is 0.564. The number of aromatic nitrogens is 3. The van der Waals surface area contributed by atoms with Crippen molar-refractivity contribution in [2.24, 2.45) is 0 Å². The minimum atomic E-state index is -0.291. The lowest BCUT2D eigenvalue weighted by Crippen LogP contribution is -2.21. The van der Waals surface area contributed by atoms with Gasteiger partial charge in [-0.25, -0.2) is 9.37 Å². The summed E-state index contributed by atoms with van der Waals surface area (Å²) in [6.45, 7) is 3.47. The van der Waals surface area contributed by atoms with Gasteiger partial charge in [0, 0.05) is 29.6 Å². The van der Waals surface area contributed by atoms with Gasteiger partial charge in [-0.2, -0.15) is 4.98 Å². The van der Waals surface area contributed by atoms with Crippen molar-refractivity contribution in [3.05, 3.63) is 60.0 Å². The number of nitrogens with one attached hydrogen (secondary N) is 2. The first-order valence-electron chi connectivity index (χ1n) is 8.27. The number of anilines is 3. The molecule has 134 valence electrons. The van der Waals surface area contributed by atoms with Crippen LogP contribution in [0.15, 0.2) is 48.7 Å². The number of pyridine rings is 1. The number of aliphatic hydroxyl groups is 1. The molecule has 3 N–H and O–H groups in total. The van der Waals surface area contributed by atoms with Gasteiger partial charge < -0.3 is 15.7 Å². The number of hydrogen-bond donors (Lipinski definition) is 3. The van der Waals surface area contributed by atoms with Crippen LogP contribution in [-0.4, -0.2) is 32.7 Å². The number of hydrogen-bond acceptors (Lipinski definition) is 6. The fourth-order valence-electron chi connectivity index (χ4n) is 2.37. The summed E-state index contributed by atoms with van der Waals surface area (Å²) in [5.41, 5.74) is 2.43. The second-order valence-electron chi connectivity index (χ2n) is 5.94. The van der Waals surface area contributed by atoms with Crippen molar-refractivity contribution in [3.8, 4) is 11.4 Å². The van der Waals surface area contributed by atoms with Gasteiger partial charge in [0.1, 0.15) is 11.6 Å². The summed E-state index contributed by atoms with van der Waals surface area (Å²) >= 11 is 0. The number of nitrogens with zero attached hydrogens (tertiary/aromatic N) is 3. The van der Waals surface area contributed by atoms with E-state index in [0.29, 0.717) is 34.4 Å². The smallest absolute Gasteiger partial charge is 0.225 e. The molecule has 0 unspecified atom stereocenters. The highest BCUT2D eigenvalue weighted by molar-refractivity contribution is 5.66. The molecule has 3 aromatic rings.